The molecule has 0 bridgehead atoms. The van der Waals surface area contributed by atoms with E-state index in [1.165, 1.54) is 4.90 Å². The third-order valence-electron chi connectivity index (χ3n) is 3.82. The number of benzene rings is 1. The summed E-state index contributed by atoms with van der Waals surface area (Å²) in [4.78, 5) is 25.1. The maximum Gasteiger partial charge on any atom is 0.232 e. The summed E-state index contributed by atoms with van der Waals surface area (Å²) in [6.07, 6.45) is 0.577. The number of nitriles is 1. The van der Waals surface area contributed by atoms with E-state index in [-0.39, 0.29) is 23.7 Å². The van der Waals surface area contributed by atoms with Crippen molar-refractivity contribution in [3.63, 3.8) is 0 Å². The Labute approximate surface area is 124 Å². The van der Waals surface area contributed by atoms with Gasteiger partial charge in [-0.15, -0.1) is 0 Å². The molecular formula is C16H18N2O3. The van der Waals surface area contributed by atoms with Crippen LogP contribution >= 0.6 is 0 Å². The van der Waals surface area contributed by atoms with Crippen LogP contribution in [0.25, 0.3) is 0 Å². The number of carbonyl (C=O) groups excluding carboxylic acids is 2. The summed E-state index contributed by atoms with van der Waals surface area (Å²) in [6.45, 7) is 4.35. The first-order valence-corrected chi connectivity index (χ1v) is 7.02. The average Bonchev–Trinajstić information content (AvgIpc) is 2.69. The molecule has 2 amide bonds. The summed E-state index contributed by atoms with van der Waals surface area (Å²) in [5.41, 5.74) is 0.542. The molecule has 0 spiro atoms. The van der Waals surface area contributed by atoms with Crippen molar-refractivity contribution in [3.8, 4) is 11.8 Å². The van der Waals surface area contributed by atoms with E-state index < -0.39 is 0 Å². The van der Waals surface area contributed by atoms with E-state index in [1.54, 1.807) is 38.1 Å². The molecular weight excluding hydrogens is 268 g/mol. The zero-order valence-electron chi connectivity index (χ0n) is 12.2. The Balaban J connectivity index is 1.81. The standard InChI is InChI=1S/C16H18N2O3/c1-11-12(2)16(20)18(15(11)19)7-4-8-21-14-6-3-5-13(9-14)10-17/h3,5-6,9,11-12H,4,7-8H2,1-2H3. The van der Waals surface area contributed by atoms with Crippen molar-refractivity contribution >= 4 is 11.8 Å². The highest BCUT2D eigenvalue weighted by Gasteiger charge is 2.41. The van der Waals surface area contributed by atoms with Crippen molar-refractivity contribution in [3.05, 3.63) is 29.8 Å². The molecule has 5 nitrogen and oxygen atoms in total. The molecule has 0 aliphatic carbocycles. The Kier molecular flexibility index (Phi) is 4.59. The highest BCUT2D eigenvalue weighted by molar-refractivity contribution is 6.04. The second kappa shape index (κ2) is 6.40. The number of hydrogen-bond donors (Lipinski definition) is 0. The first-order valence-electron chi connectivity index (χ1n) is 7.02. The number of nitrogens with zero attached hydrogens (tertiary/aromatic N) is 2. The van der Waals surface area contributed by atoms with Gasteiger partial charge < -0.3 is 4.74 Å². The summed E-state index contributed by atoms with van der Waals surface area (Å²) < 4.78 is 5.53. The minimum absolute atomic E-state index is 0.0982. The molecule has 1 aromatic carbocycles. The molecule has 0 N–H and O–H groups in total. The van der Waals surface area contributed by atoms with Gasteiger partial charge in [0.1, 0.15) is 5.75 Å². The lowest BCUT2D eigenvalue weighted by molar-refractivity contribution is -0.139. The van der Waals surface area contributed by atoms with Gasteiger partial charge in [-0.1, -0.05) is 19.9 Å². The van der Waals surface area contributed by atoms with Gasteiger partial charge in [-0.3, -0.25) is 14.5 Å². The number of imide groups is 1. The van der Waals surface area contributed by atoms with Crippen molar-refractivity contribution in [2.24, 2.45) is 11.8 Å². The second-order valence-corrected chi connectivity index (χ2v) is 5.25. The van der Waals surface area contributed by atoms with E-state index in [0.29, 0.717) is 30.9 Å². The van der Waals surface area contributed by atoms with Gasteiger partial charge in [0.2, 0.25) is 11.8 Å². The van der Waals surface area contributed by atoms with Crippen LogP contribution < -0.4 is 4.74 Å². The predicted octanol–water partition coefficient (Wildman–Crippen LogP) is 1.97. The minimum atomic E-state index is -0.231. The molecule has 110 valence electrons. The molecule has 0 aromatic heterocycles. The van der Waals surface area contributed by atoms with Gasteiger partial charge in [-0.2, -0.15) is 5.26 Å². The van der Waals surface area contributed by atoms with Crippen molar-refractivity contribution in [2.45, 2.75) is 20.3 Å². The fourth-order valence-corrected chi connectivity index (χ4v) is 2.32. The molecule has 1 aromatic rings. The lowest BCUT2D eigenvalue weighted by atomic mass is 10.00. The number of ether oxygens (including phenoxy) is 1. The molecule has 1 aliphatic heterocycles. The van der Waals surface area contributed by atoms with Gasteiger partial charge in [-0.25, -0.2) is 0 Å². The summed E-state index contributed by atoms with van der Waals surface area (Å²) in [6, 6.07) is 8.94. The predicted molar refractivity (Wildman–Crippen MR) is 76.3 cm³/mol. The summed E-state index contributed by atoms with van der Waals surface area (Å²) in [5, 5.41) is 8.80. The lowest BCUT2D eigenvalue weighted by Gasteiger charge is -2.14. The molecule has 1 saturated heterocycles. The van der Waals surface area contributed by atoms with Crippen LogP contribution in [0, 0.1) is 23.2 Å². The summed E-state index contributed by atoms with van der Waals surface area (Å²) >= 11 is 0. The minimum Gasteiger partial charge on any atom is -0.493 e. The first kappa shape index (κ1) is 15.0. The smallest absolute Gasteiger partial charge is 0.232 e. The molecule has 5 heteroatoms. The number of rotatable bonds is 5. The molecule has 2 atom stereocenters. The van der Waals surface area contributed by atoms with E-state index in [1.807, 2.05) is 6.07 Å². The molecule has 1 fully saturated rings. The van der Waals surface area contributed by atoms with Gasteiger partial charge in [0.05, 0.1) is 18.2 Å². The van der Waals surface area contributed by atoms with E-state index in [9.17, 15) is 9.59 Å². The van der Waals surface area contributed by atoms with Crippen molar-refractivity contribution in [2.75, 3.05) is 13.2 Å². The van der Waals surface area contributed by atoms with Crippen molar-refractivity contribution < 1.29 is 14.3 Å². The fourth-order valence-electron chi connectivity index (χ4n) is 2.32. The number of amides is 2. The van der Waals surface area contributed by atoms with Crippen LogP contribution in [-0.4, -0.2) is 29.9 Å². The van der Waals surface area contributed by atoms with Gasteiger partial charge in [0.15, 0.2) is 0 Å². The highest BCUT2D eigenvalue weighted by Crippen LogP contribution is 2.25. The molecule has 0 saturated carbocycles. The van der Waals surface area contributed by atoms with Crippen LogP contribution in [-0.2, 0) is 9.59 Å². The lowest BCUT2D eigenvalue weighted by Crippen LogP contribution is -2.32. The molecule has 2 rings (SSSR count). The van der Waals surface area contributed by atoms with Crippen LogP contribution in [0.4, 0.5) is 0 Å². The van der Waals surface area contributed by atoms with Crippen LogP contribution in [0.3, 0.4) is 0 Å². The Morgan fingerprint density at radius 2 is 1.90 bits per heavy atom. The van der Waals surface area contributed by atoms with Gasteiger partial charge >= 0.3 is 0 Å². The Morgan fingerprint density at radius 3 is 2.52 bits per heavy atom. The van der Waals surface area contributed by atoms with Crippen LogP contribution in [0.1, 0.15) is 25.8 Å². The maximum atomic E-state index is 11.9. The van der Waals surface area contributed by atoms with Gasteiger partial charge in [0.25, 0.3) is 0 Å². The van der Waals surface area contributed by atoms with Gasteiger partial charge in [0, 0.05) is 18.4 Å². The SMILES string of the molecule is CC1C(=O)N(CCCOc2cccc(C#N)c2)C(=O)C1C. The molecule has 1 heterocycles. The summed E-state index contributed by atoms with van der Waals surface area (Å²) in [7, 11) is 0. The Morgan fingerprint density at radius 1 is 1.24 bits per heavy atom. The van der Waals surface area contributed by atoms with Crippen molar-refractivity contribution in [1.29, 1.82) is 5.26 Å². The third kappa shape index (κ3) is 3.22. The zero-order valence-corrected chi connectivity index (χ0v) is 12.2. The zero-order chi connectivity index (χ0) is 15.4. The normalized spacial score (nSPS) is 21.5. The molecule has 0 radical (unpaired) electrons. The summed E-state index contributed by atoms with van der Waals surface area (Å²) in [5.74, 6) is -0.0377. The van der Waals surface area contributed by atoms with Crippen LogP contribution in [0.15, 0.2) is 24.3 Å². The number of carbonyl (C=O) groups is 2. The average molecular weight is 286 g/mol. The third-order valence-corrected chi connectivity index (χ3v) is 3.82. The van der Waals surface area contributed by atoms with Gasteiger partial charge in [-0.05, 0) is 24.6 Å². The van der Waals surface area contributed by atoms with Crippen LogP contribution in [0.2, 0.25) is 0 Å². The number of hydrogen-bond acceptors (Lipinski definition) is 4. The van der Waals surface area contributed by atoms with Crippen molar-refractivity contribution in [1.82, 2.24) is 4.90 Å². The van der Waals surface area contributed by atoms with E-state index in [4.69, 9.17) is 10.00 Å². The maximum absolute atomic E-state index is 11.9. The largest absolute Gasteiger partial charge is 0.493 e. The van der Waals surface area contributed by atoms with E-state index in [0.717, 1.165) is 0 Å². The first-order chi connectivity index (χ1) is 10.0. The quantitative estimate of drug-likeness (QED) is 0.613. The highest BCUT2D eigenvalue weighted by atomic mass is 16.5. The topological polar surface area (TPSA) is 70.4 Å². The molecule has 1 aliphatic rings. The molecule has 2 unspecified atom stereocenters. The van der Waals surface area contributed by atoms with E-state index in [2.05, 4.69) is 0 Å². The Hall–Kier alpha value is -2.35. The number of likely N-dealkylation sites (tertiary alicyclic amines) is 1. The molecule has 21 heavy (non-hydrogen) atoms. The fraction of sp³-hybridized carbons (Fsp3) is 0.438. The van der Waals surface area contributed by atoms with Crippen LogP contribution in [0.5, 0.6) is 5.75 Å². The monoisotopic (exact) mass is 286 g/mol. The Bertz CT molecular complexity index is 571. The van der Waals surface area contributed by atoms with E-state index >= 15 is 0 Å². The second-order valence-electron chi connectivity index (χ2n) is 5.25.